The van der Waals surface area contributed by atoms with Gasteiger partial charge in [0, 0.05) is 19.1 Å². The second-order valence-electron chi connectivity index (χ2n) is 4.25. The normalized spacial score (nSPS) is 19.3. The van der Waals surface area contributed by atoms with Crippen LogP contribution in [-0.2, 0) is 0 Å². The number of halogens is 3. The lowest BCUT2D eigenvalue weighted by molar-refractivity contribution is 0.0703. The van der Waals surface area contributed by atoms with E-state index >= 15 is 0 Å². The van der Waals surface area contributed by atoms with Crippen LogP contribution < -0.4 is 5.73 Å². The Hall–Kier alpha value is -1.20. The Morgan fingerprint density at radius 1 is 1.39 bits per heavy atom. The molecule has 0 bridgehead atoms. The maximum atomic E-state index is 13.5. The smallest absolute Gasteiger partial charge is 0.256 e. The second-order valence-corrected chi connectivity index (χ2v) is 4.25. The van der Waals surface area contributed by atoms with Gasteiger partial charge in [-0.25, -0.2) is 8.78 Å². The van der Waals surface area contributed by atoms with Crippen LogP contribution in [0.25, 0.3) is 0 Å². The minimum absolute atomic E-state index is 0. The van der Waals surface area contributed by atoms with Crippen LogP contribution in [0.2, 0.25) is 0 Å². The number of amides is 1. The maximum Gasteiger partial charge on any atom is 0.256 e. The molecule has 1 saturated heterocycles. The van der Waals surface area contributed by atoms with Crippen molar-refractivity contribution < 1.29 is 13.6 Å². The minimum atomic E-state index is -1.09. The fourth-order valence-electron chi connectivity index (χ4n) is 2.03. The van der Waals surface area contributed by atoms with E-state index in [-0.39, 0.29) is 24.0 Å². The Bertz CT molecular complexity index is 442. The Balaban J connectivity index is 0.00000162. The van der Waals surface area contributed by atoms with Crippen molar-refractivity contribution in [3.63, 3.8) is 0 Å². The first-order valence-electron chi connectivity index (χ1n) is 5.58. The highest BCUT2D eigenvalue weighted by molar-refractivity contribution is 5.94. The summed E-state index contributed by atoms with van der Waals surface area (Å²) in [7, 11) is 0. The zero-order valence-corrected chi connectivity index (χ0v) is 10.6. The van der Waals surface area contributed by atoms with Crippen LogP contribution in [0.3, 0.4) is 0 Å². The summed E-state index contributed by atoms with van der Waals surface area (Å²) in [6, 6.07) is 3.54. The van der Waals surface area contributed by atoms with Crippen LogP contribution in [0.1, 0.15) is 23.2 Å². The first kappa shape index (κ1) is 14.9. The lowest BCUT2D eigenvalue weighted by Crippen LogP contribution is -2.45. The van der Waals surface area contributed by atoms with Gasteiger partial charge in [0.1, 0.15) is 0 Å². The monoisotopic (exact) mass is 276 g/mol. The average Bonchev–Trinajstić information content (AvgIpc) is 2.32. The molecule has 1 heterocycles. The van der Waals surface area contributed by atoms with Crippen LogP contribution in [0.15, 0.2) is 18.2 Å². The van der Waals surface area contributed by atoms with Crippen molar-refractivity contribution in [3.8, 4) is 0 Å². The largest absolute Gasteiger partial charge is 0.337 e. The third-order valence-corrected chi connectivity index (χ3v) is 2.93. The predicted octanol–water partition coefficient (Wildman–Crippen LogP) is 1.95. The fraction of sp³-hybridized carbons (Fsp3) is 0.417. The Morgan fingerprint density at radius 2 is 2.11 bits per heavy atom. The lowest BCUT2D eigenvalue weighted by atomic mass is 10.1. The minimum Gasteiger partial charge on any atom is -0.337 e. The van der Waals surface area contributed by atoms with Gasteiger partial charge in [-0.1, -0.05) is 6.07 Å². The molecule has 0 saturated carbocycles. The standard InChI is InChI=1S/C12H14F2N2O.ClH/c13-10-5-1-4-9(11(10)14)12(17)16-6-2-3-8(15)7-16;/h1,4-5,8H,2-3,6-7,15H2;1H/t8-;/m1./s1. The molecular weight excluding hydrogens is 262 g/mol. The zero-order valence-electron chi connectivity index (χ0n) is 9.73. The topological polar surface area (TPSA) is 46.3 Å². The summed E-state index contributed by atoms with van der Waals surface area (Å²) < 4.78 is 26.5. The number of nitrogens with two attached hydrogens (primary N) is 1. The second kappa shape index (κ2) is 6.11. The molecule has 1 aliphatic heterocycles. The summed E-state index contributed by atoms with van der Waals surface area (Å²) in [6.07, 6.45) is 1.65. The molecular formula is C12H15ClF2N2O. The van der Waals surface area contributed by atoms with Crippen LogP contribution in [0.5, 0.6) is 0 Å². The number of hydrogen-bond acceptors (Lipinski definition) is 2. The Kier molecular flexibility index (Phi) is 5.04. The van der Waals surface area contributed by atoms with E-state index in [1.54, 1.807) is 0 Å². The summed E-state index contributed by atoms with van der Waals surface area (Å²) in [5.74, 6) is -2.58. The van der Waals surface area contributed by atoms with E-state index in [9.17, 15) is 13.6 Å². The molecule has 100 valence electrons. The third-order valence-electron chi connectivity index (χ3n) is 2.93. The Morgan fingerprint density at radius 3 is 2.78 bits per heavy atom. The summed E-state index contributed by atoms with van der Waals surface area (Å²) in [4.78, 5) is 13.5. The van der Waals surface area contributed by atoms with Crippen LogP contribution in [0.4, 0.5) is 8.78 Å². The molecule has 1 aromatic carbocycles. The molecule has 0 spiro atoms. The van der Waals surface area contributed by atoms with Crippen molar-refractivity contribution in [1.29, 1.82) is 0 Å². The van der Waals surface area contributed by atoms with Gasteiger partial charge in [0.15, 0.2) is 11.6 Å². The molecule has 2 rings (SSSR count). The van der Waals surface area contributed by atoms with Gasteiger partial charge in [0.2, 0.25) is 0 Å². The number of carbonyl (C=O) groups is 1. The molecule has 0 radical (unpaired) electrons. The Labute approximate surface area is 110 Å². The molecule has 1 aliphatic rings. The molecule has 0 unspecified atom stereocenters. The SMILES string of the molecule is Cl.N[C@@H]1CCCN(C(=O)c2cccc(F)c2F)C1. The molecule has 18 heavy (non-hydrogen) atoms. The van der Waals surface area contributed by atoms with Crippen LogP contribution in [0, 0.1) is 11.6 Å². The first-order valence-corrected chi connectivity index (χ1v) is 5.58. The molecule has 2 N–H and O–H groups in total. The van der Waals surface area contributed by atoms with Crippen molar-refractivity contribution in [1.82, 2.24) is 4.90 Å². The molecule has 1 amide bonds. The van der Waals surface area contributed by atoms with Crippen molar-refractivity contribution >= 4 is 18.3 Å². The highest BCUT2D eigenvalue weighted by atomic mass is 35.5. The number of nitrogens with zero attached hydrogens (tertiary/aromatic N) is 1. The van der Waals surface area contributed by atoms with Gasteiger partial charge in [-0.3, -0.25) is 4.79 Å². The van der Waals surface area contributed by atoms with E-state index in [0.29, 0.717) is 13.1 Å². The van der Waals surface area contributed by atoms with E-state index in [2.05, 4.69) is 0 Å². The van der Waals surface area contributed by atoms with Crippen molar-refractivity contribution in [2.24, 2.45) is 5.73 Å². The van der Waals surface area contributed by atoms with Gasteiger partial charge in [0.05, 0.1) is 5.56 Å². The van der Waals surface area contributed by atoms with E-state index in [0.717, 1.165) is 18.9 Å². The van der Waals surface area contributed by atoms with Crippen molar-refractivity contribution in [2.45, 2.75) is 18.9 Å². The number of rotatable bonds is 1. The van der Waals surface area contributed by atoms with E-state index in [4.69, 9.17) is 5.73 Å². The first-order chi connectivity index (χ1) is 8.09. The number of benzene rings is 1. The van der Waals surface area contributed by atoms with Crippen LogP contribution >= 0.6 is 12.4 Å². The van der Waals surface area contributed by atoms with E-state index in [1.165, 1.54) is 17.0 Å². The van der Waals surface area contributed by atoms with Crippen molar-refractivity contribution in [3.05, 3.63) is 35.4 Å². The number of carbonyl (C=O) groups excluding carboxylic acids is 1. The van der Waals surface area contributed by atoms with Gasteiger partial charge in [0.25, 0.3) is 5.91 Å². The average molecular weight is 277 g/mol. The molecule has 1 aromatic rings. The highest BCUT2D eigenvalue weighted by Gasteiger charge is 2.25. The summed E-state index contributed by atoms with van der Waals surface area (Å²) in [6.45, 7) is 0.942. The van der Waals surface area contributed by atoms with Crippen LogP contribution in [-0.4, -0.2) is 29.9 Å². The highest BCUT2D eigenvalue weighted by Crippen LogP contribution is 2.16. The van der Waals surface area contributed by atoms with E-state index in [1.807, 2.05) is 0 Å². The number of hydrogen-bond donors (Lipinski definition) is 1. The van der Waals surface area contributed by atoms with Crippen molar-refractivity contribution in [2.75, 3.05) is 13.1 Å². The number of likely N-dealkylation sites (tertiary alicyclic amines) is 1. The third kappa shape index (κ3) is 2.97. The molecule has 6 heteroatoms. The summed E-state index contributed by atoms with van der Waals surface area (Å²) >= 11 is 0. The molecule has 1 atom stereocenters. The summed E-state index contributed by atoms with van der Waals surface area (Å²) in [5.41, 5.74) is 5.52. The predicted molar refractivity (Wildman–Crippen MR) is 66.7 cm³/mol. The van der Waals surface area contributed by atoms with Gasteiger partial charge >= 0.3 is 0 Å². The quantitative estimate of drug-likeness (QED) is 0.852. The maximum absolute atomic E-state index is 13.5. The molecule has 0 aromatic heterocycles. The van der Waals surface area contributed by atoms with E-state index < -0.39 is 17.5 Å². The summed E-state index contributed by atoms with van der Waals surface area (Å²) in [5, 5.41) is 0. The number of piperidine rings is 1. The van der Waals surface area contributed by atoms with Gasteiger partial charge in [-0.05, 0) is 25.0 Å². The lowest BCUT2D eigenvalue weighted by Gasteiger charge is -2.30. The molecule has 3 nitrogen and oxygen atoms in total. The van der Waals surface area contributed by atoms with Gasteiger partial charge in [-0.15, -0.1) is 12.4 Å². The zero-order chi connectivity index (χ0) is 12.4. The fourth-order valence-corrected chi connectivity index (χ4v) is 2.03. The van der Waals surface area contributed by atoms with Gasteiger partial charge < -0.3 is 10.6 Å². The molecule has 0 aliphatic carbocycles. The van der Waals surface area contributed by atoms with Gasteiger partial charge in [-0.2, -0.15) is 0 Å². The molecule has 1 fully saturated rings.